The van der Waals surface area contributed by atoms with E-state index in [1.807, 2.05) is 24.3 Å². The number of halogens is 3. The number of rotatable bonds is 6. The van der Waals surface area contributed by atoms with Crippen molar-refractivity contribution < 1.29 is 22.8 Å². The number of thioether (sulfide) groups is 1. The Morgan fingerprint density at radius 1 is 0.867 bits per heavy atom. The summed E-state index contributed by atoms with van der Waals surface area (Å²) in [5.41, 5.74) is 1.39. The first kappa shape index (κ1) is 21.2. The third-order valence-electron chi connectivity index (χ3n) is 5.92. The van der Waals surface area contributed by atoms with Crippen molar-refractivity contribution in [1.29, 1.82) is 0 Å². The minimum absolute atomic E-state index is 0.00359. The highest BCUT2D eigenvalue weighted by molar-refractivity contribution is 7.99. The number of alkyl halides is 3. The van der Waals surface area contributed by atoms with Gasteiger partial charge in [0.25, 0.3) is 0 Å². The molecule has 0 radical (unpaired) electrons. The number of benzene rings is 2. The Bertz CT molecular complexity index is 914. The van der Waals surface area contributed by atoms with Crippen molar-refractivity contribution in [3.8, 4) is 0 Å². The molecule has 0 atom stereocenters. The van der Waals surface area contributed by atoms with Crippen molar-refractivity contribution in [1.82, 2.24) is 0 Å². The second-order valence-corrected chi connectivity index (χ2v) is 9.37. The van der Waals surface area contributed by atoms with E-state index in [1.165, 1.54) is 23.9 Å². The molecule has 2 nitrogen and oxygen atoms in total. The van der Waals surface area contributed by atoms with Gasteiger partial charge in [-0.3, -0.25) is 9.59 Å². The zero-order valence-electron chi connectivity index (χ0n) is 16.5. The molecule has 0 unspecified atom stereocenters. The maximum absolute atomic E-state index is 12.8. The number of Topliss-reactive ketones (excluding diaryl/α,β-unsaturated/α-hetero) is 2. The average molecular weight is 433 g/mol. The summed E-state index contributed by atoms with van der Waals surface area (Å²) in [6, 6.07) is 12.9. The van der Waals surface area contributed by atoms with E-state index in [0.717, 1.165) is 41.0 Å². The molecule has 0 amide bonds. The van der Waals surface area contributed by atoms with Crippen molar-refractivity contribution in [3.63, 3.8) is 0 Å². The third kappa shape index (κ3) is 4.80. The fraction of sp³-hybridized carbons (Fsp3) is 0.417. The van der Waals surface area contributed by atoms with E-state index in [-0.39, 0.29) is 17.5 Å². The molecular weight excluding hydrogens is 409 g/mol. The molecule has 0 heterocycles. The summed E-state index contributed by atoms with van der Waals surface area (Å²) in [4.78, 5) is 26.4. The van der Waals surface area contributed by atoms with Crippen LogP contribution in [0, 0.1) is 5.92 Å². The lowest BCUT2D eigenvalue weighted by atomic mass is 9.74. The predicted molar refractivity (Wildman–Crippen MR) is 111 cm³/mol. The van der Waals surface area contributed by atoms with Gasteiger partial charge in [-0.25, -0.2) is 0 Å². The summed E-state index contributed by atoms with van der Waals surface area (Å²) in [5, 5.41) is 0. The molecule has 0 saturated heterocycles. The molecule has 2 saturated carbocycles. The SMILES string of the molecule is O=C1CC(CCSc2ccc(C(F)(F)F)cc2)CC(=O)C1c1ccccc1C1CC1. The fourth-order valence-electron chi connectivity index (χ4n) is 4.23. The van der Waals surface area contributed by atoms with Crippen LogP contribution in [0.3, 0.4) is 0 Å². The van der Waals surface area contributed by atoms with Crippen LogP contribution in [0.5, 0.6) is 0 Å². The van der Waals surface area contributed by atoms with Gasteiger partial charge >= 0.3 is 6.18 Å². The van der Waals surface area contributed by atoms with Crippen LogP contribution < -0.4 is 0 Å². The van der Waals surface area contributed by atoms with Gasteiger partial charge < -0.3 is 0 Å². The Morgan fingerprint density at radius 2 is 1.47 bits per heavy atom. The number of carbonyl (C=O) groups excluding carboxylic acids is 2. The molecular formula is C24H23F3O2S. The van der Waals surface area contributed by atoms with E-state index >= 15 is 0 Å². The van der Waals surface area contributed by atoms with Gasteiger partial charge in [-0.15, -0.1) is 11.8 Å². The normalized spacial score (nSPS) is 22.4. The van der Waals surface area contributed by atoms with E-state index in [1.54, 1.807) is 0 Å². The van der Waals surface area contributed by atoms with Crippen LogP contribution in [0.4, 0.5) is 13.2 Å². The highest BCUT2D eigenvalue weighted by atomic mass is 32.2. The maximum atomic E-state index is 12.8. The topological polar surface area (TPSA) is 34.1 Å². The van der Waals surface area contributed by atoms with Crippen molar-refractivity contribution in [2.75, 3.05) is 5.75 Å². The van der Waals surface area contributed by atoms with E-state index in [9.17, 15) is 22.8 Å². The molecule has 30 heavy (non-hydrogen) atoms. The highest BCUT2D eigenvalue weighted by Gasteiger charge is 2.39. The monoisotopic (exact) mass is 432 g/mol. The summed E-state index contributed by atoms with van der Waals surface area (Å²) < 4.78 is 37.9. The van der Waals surface area contributed by atoms with Gasteiger partial charge in [0.05, 0.1) is 5.56 Å². The number of carbonyl (C=O) groups is 2. The Hall–Kier alpha value is -2.08. The van der Waals surface area contributed by atoms with Crippen LogP contribution in [0.1, 0.15) is 60.6 Å². The fourth-order valence-corrected chi connectivity index (χ4v) is 5.25. The van der Waals surface area contributed by atoms with Crippen molar-refractivity contribution in [3.05, 3.63) is 65.2 Å². The second-order valence-electron chi connectivity index (χ2n) is 8.20. The number of hydrogen-bond donors (Lipinski definition) is 0. The van der Waals surface area contributed by atoms with Gasteiger partial charge in [0.1, 0.15) is 17.5 Å². The molecule has 0 aliphatic heterocycles. The molecule has 2 aliphatic rings. The van der Waals surface area contributed by atoms with E-state index in [2.05, 4.69) is 0 Å². The van der Waals surface area contributed by atoms with E-state index < -0.39 is 17.7 Å². The molecule has 2 aromatic rings. The van der Waals surface area contributed by atoms with Crippen LogP contribution in [-0.4, -0.2) is 17.3 Å². The minimum Gasteiger partial charge on any atom is -0.299 e. The Labute approximate surface area is 178 Å². The van der Waals surface area contributed by atoms with Crippen LogP contribution in [0.15, 0.2) is 53.4 Å². The van der Waals surface area contributed by atoms with Gasteiger partial charge in [0, 0.05) is 17.7 Å². The van der Waals surface area contributed by atoms with Crippen LogP contribution >= 0.6 is 11.8 Å². The van der Waals surface area contributed by atoms with Gasteiger partial charge in [-0.1, -0.05) is 24.3 Å². The van der Waals surface area contributed by atoms with Gasteiger partial charge in [-0.05, 0) is 72.2 Å². The second kappa shape index (κ2) is 8.58. The molecule has 4 rings (SSSR count). The summed E-state index contributed by atoms with van der Waals surface area (Å²) >= 11 is 1.46. The Kier molecular flexibility index (Phi) is 6.05. The molecule has 0 bridgehead atoms. The van der Waals surface area contributed by atoms with E-state index in [4.69, 9.17) is 0 Å². The lowest BCUT2D eigenvalue weighted by Gasteiger charge is -2.28. The molecule has 6 heteroatoms. The molecule has 2 aliphatic carbocycles. The predicted octanol–water partition coefficient (Wildman–Crippen LogP) is 6.40. The standard InChI is InChI=1S/C24H23F3O2S/c25-24(26,27)17-7-9-18(10-8-17)30-12-11-15-13-21(28)23(22(29)14-15)20-4-2-1-3-19(20)16-5-6-16/h1-4,7-10,15-16,23H,5-6,11-14H2. The third-order valence-corrected chi connectivity index (χ3v) is 6.97. The van der Waals surface area contributed by atoms with Crippen LogP contribution in [-0.2, 0) is 15.8 Å². The number of ketones is 2. The average Bonchev–Trinajstić information content (AvgIpc) is 3.53. The largest absolute Gasteiger partial charge is 0.416 e. The molecule has 0 spiro atoms. The first-order valence-corrected chi connectivity index (χ1v) is 11.3. The van der Waals surface area contributed by atoms with Gasteiger partial charge in [-0.2, -0.15) is 13.2 Å². The van der Waals surface area contributed by atoms with E-state index in [0.29, 0.717) is 30.9 Å². The Morgan fingerprint density at radius 3 is 2.03 bits per heavy atom. The first-order valence-electron chi connectivity index (χ1n) is 10.3. The highest BCUT2D eigenvalue weighted by Crippen LogP contribution is 2.45. The lowest BCUT2D eigenvalue weighted by molar-refractivity contribution is -0.137. The summed E-state index contributed by atoms with van der Waals surface area (Å²) in [6.07, 6.45) is -0.612. The van der Waals surface area contributed by atoms with Gasteiger partial charge in [0.15, 0.2) is 0 Å². The quantitative estimate of drug-likeness (QED) is 0.391. The summed E-state index contributed by atoms with van der Waals surface area (Å²) in [5.74, 6) is 0.546. The maximum Gasteiger partial charge on any atom is 0.416 e. The molecule has 2 aromatic carbocycles. The molecule has 158 valence electrons. The first-order chi connectivity index (χ1) is 14.3. The Balaban J connectivity index is 1.33. The lowest BCUT2D eigenvalue weighted by Crippen LogP contribution is -2.32. The zero-order chi connectivity index (χ0) is 21.3. The summed E-state index contributed by atoms with van der Waals surface area (Å²) in [7, 11) is 0. The summed E-state index contributed by atoms with van der Waals surface area (Å²) in [6.45, 7) is 0. The molecule has 0 N–H and O–H groups in total. The van der Waals surface area contributed by atoms with Crippen molar-refractivity contribution in [2.45, 2.75) is 55.0 Å². The number of hydrogen-bond acceptors (Lipinski definition) is 3. The van der Waals surface area contributed by atoms with Crippen LogP contribution in [0.2, 0.25) is 0 Å². The van der Waals surface area contributed by atoms with Crippen molar-refractivity contribution >= 4 is 23.3 Å². The molecule has 0 aromatic heterocycles. The van der Waals surface area contributed by atoms with Crippen LogP contribution in [0.25, 0.3) is 0 Å². The zero-order valence-corrected chi connectivity index (χ0v) is 17.3. The minimum atomic E-state index is -4.33. The van der Waals surface area contributed by atoms with Crippen molar-refractivity contribution in [2.24, 2.45) is 5.92 Å². The molecule has 2 fully saturated rings. The van der Waals surface area contributed by atoms with Gasteiger partial charge in [0.2, 0.25) is 0 Å². The smallest absolute Gasteiger partial charge is 0.299 e.